The summed E-state index contributed by atoms with van der Waals surface area (Å²) < 4.78 is 4.93. The maximum atomic E-state index is 11.6. The number of esters is 1. The number of nitrogens with one attached hydrogen (secondary N) is 1. The van der Waals surface area contributed by atoms with Gasteiger partial charge in [0.25, 0.3) is 5.91 Å². The molecule has 2 aromatic rings. The second-order valence-corrected chi connectivity index (χ2v) is 6.40. The minimum Gasteiger partial charge on any atom is -0.452 e. The predicted octanol–water partition coefficient (Wildman–Crippen LogP) is 3.20. The lowest BCUT2D eigenvalue weighted by atomic mass is 10.3. The Kier molecular flexibility index (Phi) is 6.99. The minimum atomic E-state index is -0.462. The van der Waals surface area contributed by atoms with E-state index in [4.69, 9.17) is 4.74 Å². The molecule has 0 spiro atoms. The van der Waals surface area contributed by atoms with Gasteiger partial charge >= 0.3 is 5.97 Å². The molecule has 0 radical (unpaired) electrons. The van der Waals surface area contributed by atoms with Crippen molar-refractivity contribution in [2.45, 2.75) is 11.3 Å². The van der Waals surface area contributed by atoms with Gasteiger partial charge in [0.05, 0.1) is 5.56 Å². The van der Waals surface area contributed by atoms with E-state index >= 15 is 0 Å². The van der Waals surface area contributed by atoms with Crippen molar-refractivity contribution in [1.82, 2.24) is 5.32 Å². The first-order valence-corrected chi connectivity index (χ1v) is 8.82. The van der Waals surface area contributed by atoms with Gasteiger partial charge in [0.15, 0.2) is 6.61 Å². The van der Waals surface area contributed by atoms with Gasteiger partial charge in [-0.2, -0.15) is 11.3 Å². The van der Waals surface area contributed by atoms with Crippen LogP contribution in [0.15, 0.2) is 52.1 Å². The molecule has 0 saturated heterocycles. The summed E-state index contributed by atoms with van der Waals surface area (Å²) >= 11 is 3.17. The number of amides is 1. The molecule has 0 aliphatic heterocycles. The molecule has 22 heavy (non-hydrogen) atoms. The fourth-order valence-electron chi connectivity index (χ4n) is 1.65. The van der Waals surface area contributed by atoms with E-state index < -0.39 is 5.97 Å². The highest BCUT2D eigenvalue weighted by Crippen LogP contribution is 2.17. The van der Waals surface area contributed by atoms with E-state index in [1.165, 1.54) is 16.2 Å². The van der Waals surface area contributed by atoms with Crippen LogP contribution in [0.3, 0.4) is 0 Å². The third-order valence-corrected chi connectivity index (χ3v) is 4.53. The maximum Gasteiger partial charge on any atom is 0.339 e. The first-order chi connectivity index (χ1) is 10.8. The zero-order chi connectivity index (χ0) is 15.6. The van der Waals surface area contributed by atoms with Crippen LogP contribution in [0.25, 0.3) is 0 Å². The Labute approximate surface area is 137 Å². The lowest BCUT2D eigenvalue weighted by Crippen LogP contribution is -2.29. The summed E-state index contributed by atoms with van der Waals surface area (Å²) in [5, 5.41) is 6.23. The Morgan fingerprint density at radius 2 is 2.00 bits per heavy atom. The van der Waals surface area contributed by atoms with Crippen LogP contribution in [0.5, 0.6) is 0 Å². The van der Waals surface area contributed by atoms with Crippen molar-refractivity contribution >= 4 is 35.0 Å². The van der Waals surface area contributed by atoms with Crippen molar-refractivity contribution in [3.8, 4) is 0 Å². The number of ether oxygens (including phenoxy) is 1. The van der Waals surface area contributed by atoms with Crippen molar-refractivity contribution in [2.75, 3.05) is 18.9 Å². The van der Waals surface area contributed by atoms with Gasteiger partial charge in [0.1, 0.15) is 0 Å². The first kappa shape index (κ1) is 16.6. The summed E-state index contributed by atoms with van der Waals surface area (Å²) in [5.41, 5.74) is 0.483. The zero-order valence-electron chi connectivity index (χ0n) is 12.0. The number of hydrogen-bond acceptors (Lipinski definition) is 5. The van der Waals surface area contributed by atoms with Crippen LogP contribution in [0.4, 0.5) is 0 Å². The molecule has 2 rings (SSSR count). The molecule has 1 N–H and O–H groups in total. The Morgan fingerprint density at radius 1 is 1.18 bits per heavy atom. The van der Waals surface area contributed by atoms with E-state index in [-0.39, 0.29) is 12.5 Å². The monoisotopic (exact) mass is 335 g/mol. The first-order valence-electron chi connectivity index (χ1n) is 6.89. The number of thioether (sulfide) groups is 1. The van der Waals surface area contributed by atoms with E-state index in [0.29, 0.717) is 12.1 Å². The van der Waals surface area contributed by atoms with Crippen LogP contribution < -0.4 is 5.32 Å². The normalized spacial score (nSPS) is 10.2. The molecule has 0 unspecified atom stereocenters. The molecule has 0 aliphatic rings. The summed E-state index contributed by atoms with van der Waals surface area (Å²) in [4.78, 5) is 24.3. The van der Waals surface area contributed by atoms with Crippen molar-refractivity contribution in [3.63, 3.8) is 0 Å². The van der Waals surface area contributed by atoms with Crippen LogP contribution in [-0.4, -0.2) is 30.8 Å². The molecule has 1 aromatic carbocycles. The molecule has 1 amide bonds. The number of benzene rings is 1. The molecule has 116 valence electrons. The Balaban J connectivity index is 1.53. The lowest BCUT2D eigenvalue weighted by molar-refractivity contribution is -0.124. The molecular weight excluding hydrogens is 318 g/mol. The van der Waals surface area contributed by atoms with Crippen molar-refractivity contribution < 1.29 is 14.3 Å². The molecule has 1 aromatic heterocycles. The third kappa shape index (κ3) is 5.91. The number of rotatable bonds is 8. The molecule has 0 fully saturated rings. The van der Waals surface area contributed by atoms with Gasteiger partial charge in [-0.15, -0.1) is 11.8 Å². The van der Waals surface area contributed by atoms with E-state index in [2.05, 4.69) is 17.4 Å². The summed E-state index contributed by atoms with van der Waals surface area (Å²) in [6, 6.07) is 11.8. The molecule has 0 aliphatic carbocycles. The van der Waals surface area contributed by atoms with Crippen molar-refractivity contribution in [1.29, 1.82) is 0 Å². The Hall–Kier alpha value is -1.79. The number of hydrogen-bond donors (Lipinski definition) is 1. The molecule has 6 heteroatoms. The highest BCUT2D eigenvalue weighted by molar-refractivity contribution is 7.99. The van der Waals surface area contributed by atoms with E-state index in [9.17, 15) is 9.59 Å². The molecule has 1 heterocycles. The Morgan fingerprint density at radius 3 is 2.73 bits per heavy atom. The van der Waals surface area contributed by atoms with E-state index in [1.54, 1.807) is 28.6 Å². The van der Waals surface area contributed by atoms with Gasteiger partial charge < -0.3 is 10.1 Å². The number of carbonyl (C=O) groups excluding carboxylic acids is 2. The standard InChI is InChI=1S/C16H17NO3S2/c18-15(11-20-16(19)13-7-10-21-12-13)17-8-4-9-22-14-5-2-1-3-6-14/h1-3,5-7,10,12H,4,8-9,11H2,(H,17,18). The topological polar surface area (TPSA) is 55.4 Å². The van der Waals surface area contributed by atoms with Crippen molar-refractivity contribution in [2.24, 2.45) is 0 Å². The van der Waals surface area contributed by atoms with Crippen LogP contribution in [-0.2, 0) is 9.53 Å². The van der Waals surface area contributed by atoms with Gasteiger partial charge in [-0.25, -0.2) is 4.79 Å². The average molecular weight is 335 g/mol. The minimum absolute atomic E-state index is 0.236. The predicted molar refractivity (Wildman–Crippen MR) is 89.4 cm³/mol. The summed E-state index contributed by atoms with van der Waals surface area (Å²) in [7, 11) is 0. The second kappa shape index (κ2) is 9.27. The van der Waals surface area contributed by atoms with Gasteiger partial charge in [0, 0.05) is 16.8 Å². The van der Waals surface area contributed by atoms with Crippen LogP contribution in [0.2, 0.25) is 0 Å². The third-order valence-electron chi connectivity index (χ3n) is 2.75. The lowest BCUT2D eigenvalue weighted by Gasteiger charge is -2.06. The summed E-state index contributed by atoms with van der Waals surface area (Å²) in [6.07, 6.45) is 0.865. The number of carbonyl (C=O) groups is 2. The quantitative estimate of drug-likeness (QED) is 0.457. The molecule has 0 bridgehead atoms. The maximum absolute atomic E-state index is 11.6. The molecule has 0 atom stereocenters. The van der Waals surface area contributed by atoms with Crippen molar-refractivity contribution in [3.05, 3.63) is 52.7 Å². The fraction of sp³-hybridized carbons (Fsp3) is 0.250. The highest BCUT2D eigenvalue weighted by Gasteiger charge is 2.09. The SMILES string of the molecule is O=C(COC(=O)c1ccsc1)NCCCSc1ccccc1. The molecule has 4 nitrogen and oxygen atoms in total. The van der Waals surface area contributed by atoms with Crippen LogP contribution in [0, 0.1) is 0 Å². The average Bonchev–Trinajstić information content (AvgIpc) is 3.08. The van der Waals surface area contributed by atoms with Gasteiger partial charge in [0.2, 0.25) is 0 Å². The van der Waals surface area contributed by atoms with Gasteiger partial charge in [-0.1, -0.05) is 18.2 Å². The van der Waals surface area contributed by atoms with Gasteiger partial charge in [-0.05, 0) is 35.8 Å². The van der Waals surface area contributed by atoms with Crippen LogP contribution >= 0.6 is 23.1 Å². The van der Waals surface area contributed by atoms with E-state index in [1.807, 2.05) is 18.2 Å². The summed E-state index contributed by atoms with van der Waals surface area (Å²) in [5.74, 6) is 0.197. The van der Waals surface area contributed by atoms with Gasteiger partial charge in [-0.3, -0.25) is 4.79 Å². The zero-order valence-corrected chi connectivity index (χ0v) is 13.6. The van der Waals surface area contributed by atoms with Crippen LogP contribution in [0.1, 0.15) is 16.8 Å². The molecule has 0 saturated carbocycles. The second-order valence-electron chi connectivity index (χ2n) is 4.45. The summed E-state index contributed by atoms with van der Waals surface area (Å²) in [6.45, 7) is 0.342. The highest BCUT2D eigenvalue weighted by atomic mass is 32.2. The largest absolute Gasteiger partial charge is 0.452 e. The fourth-order valence-corrected chi connectivity index (χ4v) is 3.15. The van der Waals surface area contributed by atoms with E-state index in [0.717, 1.165) is 12.2 Å². The Bertz CT molecular complexity index is 585. The molecular formula is C16H17NO3S2. The smallest absolute Gasteiger partial charge is 0.339 e. The number of thiophene rings is 1.